The average Bonchev–Trinajstić information content (AvgIpc) is 2.99. The summed E-state index contributed by atoms with van der Waals surface area (Å²) in [6.45, 7) is 2.04. The van der Waals surface area contributed by atoms with Crippen LogP contribution in [0.1, 0.15) is 24.6 Å². The molecule has 0 radical (unpaired) electrons. The molecule has 0 unspecified atom stereocenters. The van der Waals surface area contributed by atoms with E-state index in [1.807, 2.05) is 24.4 Å². The van der Waals surface area contributed by atoms with E-state index in [0.29, 0.717) is 11.6 Å². The second kappa shape index (κ2) is 8.47. The van der Waals surface area contributed by atoms with Crippen LogP contribution in [0.3, 0.4) is 0 Å². The number of nitrogens with zero attached hydrogens (tertiary/aromatic N) is 3. The smallest absolute Gasteiger partial charge is 0.155 e. The molecule has 1 aromatic carbocycles. The van der Waals surface area contributed by atoms with Gasteiger partial charge in [0.15, 0.2) is 11.5 Å². The van der Waals surface area contributed by atoms with Gasteiger partial charge in [-0.25, -0.2) is 13.9 Å². The van der Waals surface area contributed by atoms with Gasteiger partial charge in [0.05, 0.1) is 11.9 Å². The van der Waals surface area contributed by atoms with Gasteiger partial charge in [-0.05, 0) is 56.3 Å². The Labute approximate surface area is 157 Å². The Morgan fingerprint density at radius 3 is 2.64 bits per heavy atom. The maximum Gasteiger partial charge on any atom is 0.155 e. The van der Waals surface area contributed by atoms with Crippen molar-refractivity contribution in [2.24, 2.45) is 0 Å². The molecule has 8 heteroatoms. The molecule has 1 aliphatic rings. The molecule has 1 fully saturated rings. The zero-order valence-electron chi connectivity index (χ0n) is 13.5. The molecular formula is C17H20Cl2FN5. The Morgan fingerprint density at radius 1 is 1.08 bits per heavy atom. The van der Waals surface area contributed by atoms with Crippen molar-refractivity contribution >= 4 is 41.8 Å². The summed E-state index contributed by atoms with van der Waals surface area (Å²) in [5.74, 6) is 1.08. The van der Waals surface area contributed by atoms with Crippen LogP contribution in [0.15, 0.2) is 42.6 Å². The molecule has 0 amide bonds. The van der Waals surface area contributed by atoms with Gasteiger partial charge >= 0.3 is 0 Å². The molecule has 2 aromatic heterocycles. The van der Waals surface area contributed by atoms with Crippen LogP contribution in [-0.2, 0) is 0 Å². The first-order chi connectivity index (χ1) is 11.3. The molecule has 3 heterocycles. The second-order valence-corrected chi connectivity index (χ2v) is 5.85. The summed E-state index contributed by atoms with van der Waals surface area (Å²) in [5, 5.41) is 11.2. The summed E-state index contributed by atoms with van der Waals surface area (Å²) in [6, 6.07) is 10.3. The summed E-state index contributed by atoms with van der Waals surface area (Å²) < 4.78 is 15.1. The minimum absolute atomic E-state index is 0. The lowest BCUT2D eigenvalue weighted by molar-refractivity contribution is 0.445. The molecule has 0 spiro atoms. The summed E-state index contributed by atoms with van der Waals surface area (Å²) in [5.41, 5.74) is 2.40. The summed E-state index contributed by atoms with van der Waals surface area (Å²) in [7, 11) is 0. The highest BCUT2D eigenvalue weighted by Crippen LogP contribution is 2.24. The molecule has 25 heavy (non-hydrogen) atoms. The molecular weight excluding hydrogens is 364 g/mol. The lowest BCUT2D eigenvalue weighted by Crippen LogP contribution is -2.27. The Bertz CT molecular complexity index is 833. The van der Waals surface area contributed by atoms with E-state index in [1.165, 1.54) is 12.1 Å². The summed E-state index contributed by atoms with van der Waals surface area (Å²) in [4.78, 5) is 4.63. The number of halogens is 3. The van der Waals surface area contributed by atoms with Gasteiger partial charge in [-0.15, -0.1) is 24.8 Å². The summed E-state index contributed by atoms with van der Waals surface area (Å²) >= 11 is 0. The van der Waals surface area contributed by atoms with E-state index in [0.717, 1.165) is 43.1 Å². The van der Waals surface area contributed by atoms with Crippen LogP contribution in [0, 0.1) is 5.82 Å². The molecule has 0 saturated carbocycles. The Hall–Kier alpha value is -1.89. The molecule has 3 aromatic rings. The minimum atomic E-state index is -0.259. The van der Waals surface area contributed by atoms with E-state index in [-0.39, 0.29) is 30.6 Å². The molecule has 0 aliphatic carbocycles. The largest absolute Gasteiger partial charge is 0.354 e. The first-order valence-electron chi connectivity index (χ1n) is 7.87. The molecule has 134 valence electrons. The van der Waals surface area contributed by atoms with E-state index in [4.69, 9.17) is 0 Å². The Kier molecular flexibility index (Phi) is 6.58. The predicted octanol–water partition coefficient (Wildman–Crippen LogP) is 3.92. The second-order valence-electron chi connectivity index (χ2n) is 5.85. The fraction of sp³-hybridized carbons (Fsp3) is 0.294. The third-order valence-corrected chi connectivity index (χ3v) is 4.16. The highest BCUT2D eigenvalue weighted by Gasteiger charge is 2.19. The molecule has 2 N–H and O–H groups in total. The van der Waals surface area contributed by atoms with Crippen LogP contribution in [0.25, 0.3) is 5.65 Å². The quantitative estimate of drug-likeness (QED) is 0.719. The maximum atomic E-state index is 13.3. The zero-order chi connectivity index (χ0) is 15.6. The fourth-order valence-electron chi connectivity index (χ4n) is 2.96. The number of piperidine rings is 1. The Morgan fingerprint density at radius 2 is 1.88 bits per heavy atom. The van der Waals surface area contributed by atoms with Crippen molar-refractivity contribution in [1.82, 2.24) is 19.9 Å². The standard InChI is InChI=1S/C17H18FN5.2ClH/c18-13-2-1-3-14(10-13)20-15-4-5-16-21-17(22-23(16)11-15)12-6-8-19-9-7-12;;/h1-5,10-12,19-20H,6-9H2;2*1H. The molecule has 0 bridgehead atoms. The van der Waals surface area contributed by atoms with Gasteiger partial charge in [-0.3, -0.25) is 0 Å². The van der Waals surface area contributed by atoms with Gasteiger partial charge in [-0.2, -0.15) is 5.10 Å². The normalized spacial score (nSPS) is 14.6. The topological polar surface area (TPSA) is 54.2 Å². The predicted molar refractivity (Wildman–Crippen MR) is 102 cm³/mol. The third kappa shape index (κ3) is 4.39. The third-order valence-electron chi connectivity index (χ3n) is 4.16. The lowest BCUT2D eigenvalue weighted by atomic mass is 9.98. The van der Waals surface area contributed by atoms with Gasteiger partial charge < -0.3 is 10.6 Å². The van der Waals surface area contributed by atoms with E-state index in [9.17, 15) is 4.39 Å². The van der Waals surface area contributed by atoms with Gasteiger partial charge in [0.2, 0.25) is 0 Å². The Balaban J connectivity index is 0.00000113. The van der Waals surface area contributed by atoms with Crippen LogP contribution >= 0.6 is 24.8 Å². The number of aromatic nitrogens is 3. The SMILES string of the molecule is Cl.Cl.Fc1cccc(Nc2ccc3nc(C4CCNCC4)nn3c2)c1. The van der Waals surface area contributed by atoms with Gasteiger partial charge in [0.25, 0.3) is 0 Å². The molecule has 5 nitrogen and oxygen atoms in total. The van der Waals surface area contributed by atoms with Crippen molar-refractivity contribution in [2.75, 3.05) is 18.4 Å². The highest BCUT2D eigenvalue weighted by atomic mass is 35.5. The average molecular weight is 384 g/mol. The monoisotopic (exact) mass is 383 g/mol. The molecule has 1 aliphatic heterocycles. The van der Waals surface area contributed by atoms with Crippen molar-refractivity contribution in [3.63, 3.8) is 0 Å². The van der Waals surface area contributed by atoms with E-state index >= 15 is 0 Å². The lowest BCUT2D eigenvalue weighted by Gasteiger charge is -2.19. The van der Waals surface area contributed by atoms with Gasteiger partial charge in [0, 0.05) is 11.6 Å². The van der Waals surface area contributed by atoms with Crippen LogP contribution < -0.4 is 10.6 Å². The van der Waals surface area contributed by atoms with Crippen molar-refractivity contribution < 1.29 is 4.39 Å². The van der Waals surface area contributed by atoms with Crippen molar-refractivity contribution in [2.45, 2.75) is 18.8 Å². The number of fused-ring (bicyclic) bond motifs is 1. The number of hydrogen-bond acceptors (Lipinski definition) is 4. The minimum Gasteiger partial charge on any atom is -0.354 e. The van der Waals surface area contributed by atoms with Crippen LogP contribution in [0.2, 0.25) is 0 Å². The molecule has 0 atom stereocenters. The van der Waals surface area contributed by atoms with Crippen LogP contribution in [0.5, 0.6) is 0 Å². The first-order valence-corrected chi connectivity index (χ1v) is 7.87. The van der Waals surface area contributed by atoms with E-state index in [1.54, 1.807) is 10.6 Å². The highest BCUT2D eigenvalue weighted by molar-refractivity contribution is 5.85. The number of hydrogen-bond donors (Lipinski definition) is 2. The molecule has 4 rings (SSSR count). The molecule has 1 saturated heterocycles. The van der Waals surface area contributed by atoms with Crippen LogP contribution in [-0.4, -0.2) is 27.7 Å². The fourth-order valence-corrected chi connectivity index (χ4v) is 2.96. The summed E-state index contributed by atoms with van der Waals surface area (Å²) in [6.07, 6.45) is 4.04. The van der Waals surface area contributed by atoms with Gasteiger partial charge in [0.1, 0.15) is 5.82 Å². The number of rotatable bonds is 3. The van der Waals surface area contributed by atoms with Crippen molar-refractivity contribution in [1.29, 1.82) is 0 Å². The number of anilines is 2. The number of nitrogens with one attached hydrogen (secondary N) is 2. The van der Waals surface area contributed by atoms with E-state index < -0.39 is 0 Å². The van der Waals surface area contributed by atoms with Crippen molar-refractivity contribution in [3.8, 4) is 0 Å². The first kappa shape index (κ1) is 19.4. The maximum absolute atomic E-state index is 13.3. The van der Waals surface area contributed by atoms with Gasteiger partial charge in [-0.1, -0.05) is 6.07 Å². The number of pyridine rings is 1. The van der Waals surface area contributed by atoms with Crippen LogP contribution in [0.4, 0.5) is 15.8 Å². The van der Waals surface area contributed by atoms with Crippen molar-refractivity contribution in [3.05, 3.63) is 54.2 Å². The zero-order valence-corrected chi connectivity index (χ0v) is 15.1. The number of benzene rings is 1. The van der Waals surface area contributed by atoms with E-state index in [2.05, 4.69) is 20.7 Å².